The fourth-order valence-electron chi connectivity index (χ4n) is 1.25. The van der Waals surface area contributed by atoms with E-state index in [1.54, 1.807) is 6.07 Å². The van der Waals surface area contributed by atoms with Crippen LogP contribution >= 0.6 is 22.9 Å². The van der Waals surface area contributed by atoms with Crippen LogP contribution in [0.5, 0.6) is 0 Å². The van der Waals surface area contributed by atoms with Crippen LogP contribution in [0.1, 0.15) is 31.2 Å². The molecule has 72 valence electrons. The minimum Gasteiger partial charge on any atom is -0.481 e. The Balaban J connectivity index is 2.88. The molecule has 0 fully saturated rings. The number of thiophene rings is 1. The molecule has 0 saturated heterocycles. The first-order chi connectivity index (χ1) is 6.16. The summed E-state index contributed by atoms with van der Waals surface area (Å²) in [5, 5.41) is 10.8. The van der Waals surface area contributed by atoms with Crippen LogP contribution in [-0.2, 0) is 4.79 Å². The number of hydrogen-bond donors (Lipinski definition) is 1. The Kier molecular flexibility index (Phi) is 3.75. The van der Waals surface area contributed by atoms with Crippen molar-refractivity contribution in [2.75, 3.05) is 0 Å². The van der Waals surface area contributed by atoms with Gasteiger partial charge in [0.15, 0.2) is 0 Å². The van der Waals surface area contributed by atoms with Gasteiger partial charge in [-0.15, -0.1) is 11.3 Å². The van der Waals surface area contributed by atoms with Crippen LogP contribution in [0.25, 0.3) is 0 Å². The van der Waals surface area contributed by atoms with Crippen molar-refractivity contribution >= 4 is 28.9 Å². The van der Waals surface area contributed by atoms with Crippen molar-refractivity contribution in [2.45, 2.75) is 25.7 Å². The number of carboxylic acid groups (broad SMARTS) is 1. The smallest absolute Gasteiger partial charge is 0.311 e. The second-order valence-corrected chi connectivity index (χ2v) is 4.35. The fourth-order valence-corrected chi connectivity index (χ4v) is 2.28. The van der Waals surface area contributed by atoms with Gasteiger partial charge < -0.3 is 5.11 Å². The van der Waals surface area contributed by atoms with Crippen molar-refractivity contribution < 1.29 is 9.90 Å². The first-order valence-electron chi connectivity index (χ1n) is 4.12. The summed E-state index contributed by atoms with van der Waals surface area (Å²) in [7, 11) is 0. The van der Waals surface area contributed by atoms with Crippen molar-refractivity contribution in [2.24, 2.45) is 0 Å². The zero-order valence-electron chi connectivity index (χ0n) is 7.29. The maximum Gasteiger partial charge on any atom is 0.311 e. The molecule has 0 aliphatic heterocycles. The molecule has 0 spiro atoms. The van der Waals surface area contributed by atoms with Gasteiger partial charge >= 0.3 is 5.97 Å². The van der Waals surface area contributed by atoms with Crippen LogP contribution in [0.2, 0.25) is 4.34 Å². The van der Waals surface area contributed by atoms with Crippen LogP contribution in [0.15, 0.2) is 11.4 Å². The van der Waals surface area contributed by atoms with Gasteiger partial charge in [0.05, 0.1) is 10.3 Å². The van der Waals surface area contributed by atoms with Crippen molar-refractivity contribution in [3.05, 3.63) is 21.3 Å². The lowest BCUT2D eigenvalue weighted by atomic mass is 9.97. The molecule has 1 unspecified atom stereocenters. The number of rotatable bonds is 4. The molecule has 0 amide bonds. The van der Waals surface area contributed by atoms with E-state index in [1.165, 1.54) is 11.3 Å². The molecular weight excluding hydrogens is 208 g/mol. The molecule has 0 aliphatic carbocycles. The van der Waals surface area contributed by atoms with Gasteiger partial charge in [-0.2, -0.15) is 0 Å². The molecule has 0 aliphatic rings. The Morgan fingerprint density at radius 2 is 2.46 bits per heavy atom. The van der Waals surface area contributed by atoms with Gasteiger partial charge in [0.1, 0.15) is 0 Å². The lowest BCUT2D eigenvalue weighted by Gasteiger charge is -2.09. The van der Waals surface area contributed by atoms with E-state index in [4.69, 9.17) is 16.7 Å². The van der Waals surface area contributed by atoms with E-state index in [2.05, 4.69) is 0 Å². The van der Waals surface area contributed by atoms with Gasteiger partial charge in [-0.05, 0) is 23.4 Å². The summed E-state index contributed by atoms with van der Waals surface area (Å²) in [5.74, 6) is -1.23. The zero-order valence-corrected chi connectivity index (χ0v) is 8.86. The fraction of sp³-hybridized carbons (Fsp3) is 0.444. The Bertz CT molecular complexity index is 296. The molecule has 1 heterocycles. The number of carbonyl (C=O) groups is 1. The van der Waals surface area contributed by atoms with E-state index in [9.17, 15) is 4.79 Å². The minimum atomic E-state index is -0.790. The normalized spacial score (nSPS) is 12.8. The summed E-state index contributed by atoms with van der Waals surface area (Å²) in [6, 6.07) is 1.79. The number of aliphatic carboxylic acids is 1. The molecular formula is C9H11ClO2S. The predicted molar refractivity (Wildman–Crippen MR) is 54.6 cm³/mol. The topological polar surface area (TPSA) is 37.3 Å². The SMILES string of the molecule is CCCC(C(=O)O)c1ccsc1Cl. The quantitative estimate of drug-likeness (QED) is 0.842. The second kappa shape index (κ2) is 4.63. The first-order valence-corrected chi connectivity index (χ1v) is 5.38. The first kappa shape index (κ1) is 10.5. The summed E-state index contributed by atoms with van der Waals surface area (Å²) in [5.41, 5.74) is 0.751. The number of halogens is 1. The van der Waals surface area contributed by atoms with Gasteiger partial charge in [0.25, 0.3) is 0 Å². The van der Waals surface area contributed by atoms with E-state index in [-0.39, 0.29) is 0 Å². The van der Waals surface area contributed by atoms with Crippen molar-refractivity contribution in [3.8, 4) is 0 Å². The van der Waals surface area contributed by atoms with Crippen LogP contribution in [0.3, 0.4) is 0 Å². The summed E-state index contributed by atoms with van der Waals surface area (Å²) in [4.78, 5) is 10.9. The highest BCUT2D eigenvalue weighted by atomic mass is 35.5. The van der Waals surface area contributed by atoms with E-state index >= 15 is 0 Å². The molecule has 0 saturated carbocycles. The van der Waals surface area contributed by atoms with Crippen molar-refractivity contribution in [1.82, 2.24) is 0 Å². The molecule has 1 rings (SSSR count). The second-order valence-electron chi connectivity index (χ2n) is 2.83. The summed E-state index contributed by atoms with van der Waals surface area (Å²) >= 11 is 7.25. The van der Waals surface area contributed by atoms with Crippen LogP contribution in [0, 0.1) is 0 Å². The highest BCUT2D eigenvalue weighted by Crippen LogP contribution is 2.32. The average molecular weight is 219 g/mol. The Labute approximate surface area is 86.2 Å². The zero-order chi connectivity index (χ0) is 9.84. The third-order valence-electron chi connectivity index (χ3n) is 1.90. The van der Waals surface area contributed by atoms with Gasteiger partial charge in [0, 0.05) is 0 Å². The molecule has 1 atom stereocenters. The van der Waals surface area contributed by atoms with E-state index < -0.39 is 11.9 Å². The molecule has 1 N–H and O–H groups in total. The third-order valence-corrected chi connectivity index (χ3v) is 3.10. The standard InChI is InChI=1S/C9H11ClO2S/c1-2-3-7(9(11)12)6-4-5-13-8(6)10/h4-5,7H,2-3H2,1H3,(H,11,12). The largest absolute Gasteiger partial charge is 0.481 e. The van der Waals surface area contributed by atoms with Crippen molar-refractivity contribution in [3.63, 3.8) is 0 Å². The average Bonchev–Trinajstić information content (AvgIpc) is 2.47. The van der Waals surface area contributed by atoms with Crippen LogP contribution < -0.4 is 0 Å². The van der Waals surface area contributed by atoms with Crippen LogP contribution in [0.4, 0.5) is 0 Å². The minimum absolute atomic E-state index is 0.441. The Morgan fingerprint density at radius 3 is 2.85 bits per heavy atom. The summed E-state index contributed by atoms with van der Waals surface area (Å²) in [6.45, 7) is 1.97. The summed E-state index contributed by atoms with van der Waals surface area (Å²) in [6.07, 6.45) is 1.49. The van der Waals surface area contributed by atoms with Crippen molar-refractivity contribution in [1.29, 1.82) is 0 Å². The van der Waals surface area contributed by atoms with Gasteiger partial charge in [0.2, 0.25) is 0 Å². The predicted octanol–water partition coefficient (Wildman–Crippen LogP) is 3.37. The third kappa shape index (κ3) is 2.45. The summed E-state index contributed by atoms with van der Waals surface area (Å²) < 4.78 is 0.598. The Morgan fingerprint density at radius 1 is 1.77 bits per heavy atom. The number of carboxylic acids is 1. The molecule has 1 aromatic rings. The van der Waals surface area contributed by atoms with Crippen LogP contribution in [-0.4, -0.2) is 11.1 Å². The highest BCUT2D eigenvalue weighted by Gasteiger charge is 2.21. The van der Waals surface area contributed by atoms with E-state index in [0.717, 1.165) is 12.0 Å². The maximum atomic E-state index is 10.9. The van der Waals surface area contributed by atoms with E-state index in [1.807, 2.05) is 12.3 Å². The molecule has 1 aromatic heterocycles. The lowest BCUT2D eigenvalue weighted by Crippen LogP contribution is -2.10. The highest BCUT2D eigenvalue weighted by molar-refractivity contribution is 7.14. The van der Waals surface area contributed by atoms with E-state index in [0.29, 0.717) is 10.8 Å². The monoisotopic (exact) mass is 218 g/mol. The molecule has 13 heavy (non-hydrogen) atoms. The molecule has 0 bridgehead atoms. The van der Waals surface area contributed by atoms with Gasteiger partial charge in [-0.25, -0.2) is 0 Å². The molecule has 2 nitrogen and oxygen atoms in total. The van der Waals surface area contributed by atoms with Gasteiger partial charge in [-0.3, -0.25) is 4.79 Å². The maximum absolute atomic E-state index is 10.9. The Hall–Kier alpha value is -0.540. The lowest BCUT2D eigenvalue weighted by molar-refractivity contribution is -0.139. The number of hydrogen-bond acceptors (Lipinski definition) is 2. The van der Waals surface area contributed by atoms with Gasteiger partial charge in [-0.1, -0.05) is 24.9 Å². The molecule has 0 aromatic carbocycles. The molecule has 0 radical (unpaired) electrons. The molecule has 4 heteroatoms.